The summed E-state index contributed by atoms with van der Waals surface area (Å²) in [7, 11) is 3.69. The lowest BCUT2D eigenvalue weighted by Crippen LogP contribution is -2.28. The van der Waals surface area contributed by atoms with Gasteiger partial charge in [0, 0.05) is 6.54 Å². The third-order valence-corrected chi connectivity index (χ3v) is 3.27. The quantitative estimate of drug-likeness (QED) is 0.582. The average molecular weight is 305 g/mol. The van der Waals surface area contributed by atoms with Gasteiger partial charge in [0.05, 0.1) is 12.7 Å². The maximum absolute atomic E-state index is 8.74. The van der Waals surface area contributed by atoms with Gasteiger partial charge in [-0.1, -0.05) is 40.0 Å². The van der Waals surface area contributed by atoms with E-state index in [9.17, 15) is 0 Å². The molecule has 0 radical (unpaired) electrons. The zero-order chi connectivity index (χ0) is 16.5. The van der Waals surface area contributed by atoms with Crippen LogP contribution in [0.4, 0.5) is 0 Å². The van der Waals surface area contributed by atoms with E-state index in [2.05, 4.69) is 25.7 Å². The van der Waals surface area contributed by atoms with Crippen LogP contribution in [0.3, 0.4) is 0 Å². The van der Waals surface area contributed by atoms with Crippen LogP contribution in [-0.4, -0.2) is 73.0 Å². The smallest absolute Gasteiger partial charge is 0.0897 e. The number of rotatable bonds is 12. The van der Waals surface area contributed by atoms with Crippen molar-refractivity contribution in [3.63, 3.8) is 0 Å². The fourth-order valence-electron chi connectivity index (χ4n) is 1.96. The second-order valence-corrected chi connectivity index (χ2v) is 6.00. The van der Waals surface area contributed by atoms with Crippen molar-refractivity contribution in [2.45, 2.75) is 65.4 Å². The average Bonchev–Trinajstić information content (AvgIpc) is 2.46. The van der Waals surface area contributed by atoms with Crippen molar-refractivity contribution in [3.05, 3.63) is 0 Å². The fourth-order valence-corrected chi connectivity index (χ4v) is 1.96. The minimum atomic E-state index is -0.593. The van der Waals surface area contributed by atoms with Crippen LogP contribution in [0.2, 0.25) is 0 Å². The van der Waals surface area contributed by atoms with Gasteiger partial charge in [-0.2, -0.15) is 0 Å². The summed E-state index contributed by atoms with van der Waals surface area (Å²) < 4.78 is 0. The van der Waals surface area contributed by atoms with E-state index in [0.29, 0.717) is 6.54 Å². The molecule has 0 aliphatic rings. The molecule has 2 N–H and O–H groups in total. The third kappa shape index (κ3) is 19.8. The highest BCUT2D eigenvalue weighted by Gasteiger charge is 2.02. The van der Waals surface area contributed by atoms with E-state index in [4.69, 9.17) is 10.2 Å². The summed E-state index contributed by atoms with van der Waals surface area (Å²) in [6, 6.07) is 0. The topological polar surface area (TPSA) is 46.9 Å². The molecule has 1 unspecified atom stereocenters. The first-order chi connectivity index (χ1) is 10.0. The van der Waals surface area contributed by atoms with Crippen LogP contribution >= 0.6 is 0 Å². The monoisotopic (exact) mass is 304 g/mol. The Balaban J connectivity index is 0. The number of hydrogen-bond donors (Lipinski definition) is 2. The van der Waals surface area contributed by atoms with E-state index in [0.717, 1.165) is 0 Å². The molecule has 0 aliphatic heterocycles. The van der Waals surface area contributed by atoms with Crippen LogP contribution in [0, 0.1) is 0 Å². The first-order valence-corrected chi connectivity index (χ1v) is 8.67. The Bertz CT molecular complexity index is 171. The summed E-state index contributed by atoms with van der Waals surface area (Å²) >= 11 is 0. The summed E-state index contributed by atoms with van der Waals surface area (Å²) in [4.78, 5) is 4.46. The van der Waals surface area contributed by atoms with Crippen molar-refractivity contribution < 1.29 is 10.2 Å². The van der Waals surface area contributed by atoms with E-state index in [1.165, 1.54) is 58.2 Å². The van der Waals surface area contributed by atoms with Crippen LogP contribution in [-0.2, 0) is 0 Å². The molecule has 4 nitrogen and oxygen atoms in total. The second-order valence-electron chi connectivity index (χ2n) is 6.00. The zero-order valence-electron chi connectivity index (χ0n) is 15.1. The lowest BCUT2D eigenvalue weighted by molar-refractivity contribution is 0.0728. The molecule has 0 aromatic rings. The predicted octanol–water partition coefficient (Wildman–Crippen LogP) is 2.59. The standard InChI is InChI=1S/C12H27N.C5H13NO2/c1-4-7-10-13(11-8-5-2)12-9-6-3;1-6(2)3-5(8)4-7/h4-12H2,1-3H3;5,7-8H,3-4H2,1-2H3. The number of nitrogens with zero attached hydrogens (tertiary/aromatic N) is 2. The molecule has 0 spiro atoms. The molecule has 1 atom stereocenters. The summed E-state index contributed by atoms with van der Waals surface area (Å²) in [5.41, 5.74) is 0. The Morgan fingerprint density at radius 3 is 1.38 bits per heavy atom. The Morgan fingerprint density at radius 2 is 1.19 bits per heavy atom. The van der Waals surface area contributed by atoms with Gasteiger partial charge in [-0.25, -0.2) is 0 Å². The molecule has 130 valence electrons. The van der Waals surface area contributed by atoms with Gasteiger partial charge in [-0.05, 0) is 53.0 Å². The van der Waals surface area contributed by atoms with Crippen molar-refractivity contribution >= 4 is 0 Å². The molecule has 21 heavy (non-hydrogen) atoms. The van der Waals surface area contributed by atoms with Crippen molar-refractivity contribution in [1.82, 2.24) is 9.80 Å². The van der Waals surface area contributed by atoms with E-state index < -0.39 is 6.10 Å². The van der Waals surface area contributed by atoms with Crippen molar-refractivity contribution in [2.75, 3.05) is 46.9 Å². The Labute approximate surface area is 133 Å². The van der Waals surface area contributed by atoms with Gasteiger partial charge in [0.1, 0.15) is 0 Å². The van der Waals surface area contributed by atoms with Gasteiger partial charge in [0.2, 0.25) is 0 Å². The molecule has 0 heterocycles. The molecule has 0 bridgehead atoms. The zero-order valence-corrected chi connectivity index (χ0v) is 15.1. The summed E-state index contributed by atoms with van der Waals surface area (Å²) in [5, 5.41) is 17.0. The molecule has 4 heteroatoms. The van der Waals surface area contributed by atoms with Crippen LogP contribution in [0.1, 0.15) is 59.3 Å². The van der Waals surface area contributed by atoms with Crippen molar-refractivity contribution in [3.8, 4) is 0 Å². The molecule has 0 fully saturated rings. The van der Waals surface area contributed by atoms with Crippen molar-refractivity contribution in [1.29, 1.82) is 0 Å². The minimum Gasteiger partial charge on any atom is -0.394 e. The van der Waals surface area contributed by atoms with E-state index in [1.54, 1.807) is 0 Å². The molecule has 0 saturated carbocycles. The van der Waals surface area contributed by atoms with E-state index in [1.807, 2.05) is 19.0 Å². The number of aliphatic hydroxyl groups is 2. The summed E-state index contributed by atoms with van der Waals surface area (Å²) in [6.07, 6.45) is 7.50. The largest absolute Gasteiger partial charge is 0.394 e. The lowest BCUT2D eigenvalue weighted by atomic mass is 10.2. The second kappa shape index (κ2) is 17.9. The first kappa shape index (κ1) is 23.1. The van der Waals surface area contributed by atoms with Crippen LogP contribution in [0.5, 0.6) is 0 Å². The highest BCUT2D eigenvalue weighted by molar-refractivity contribution is 4.57. The number of aliphatic hydroxyl groups excluding tert-OH is 2. The maximum Gasteiger partial charge on any atom is 0.0897 e. The minimum absolute atomic E-state index is 0.155. The Hall–Kier alpha value is -0.160. The van der Waals surface area contributed by atoms with Crippen LogP contribution < -0.4 is 0 Å². The number of unbranched alkanes of at least 4 members (excludes halogenated alkanes) is 3. The normalized spacial score (nSPS) is 12.4. The summed E-state index contributed by atoms with van der Waals surface area (Å²) in [5.74, 6) is 0. The number of likely N-dealkylation sites (N-methyl/N-ethyl adjacent to an activating group) is 1. The molecule has 0 aromatic heterocycles. The molecule has 0 saturated heterocycles. The highest BCUT2D eigenvalue weighted by Crippen LogP contribution is 2.01. The van der Waals surface area contributed by atoms with Crippen LogP contribution in [0.15, 0.2) is 0 Å². The number of hydrogen-bond acceptors (Lipinski definition) is 4. The Kier molecular flexibility index (Phi) is 19.7. The van der Waals surface area contributed by atoms with Crippen molar-refractivity contribution in [2.24, 2.45) is 0 Å². The maximum atomic E-state index is 8.74. The van der Waals surface area contributed by atoms with Gasteiger partial charge in [0.15, 0.2) is 0 Å². The van der Waals surface area contributed by atoms with E-state index in [-0.39, 0.29) is 6.61 Å². The molecular weight excluding hydrogens is 264 g/mol. The molecule has 0 amide bonds. The molecule has 0 aliphatic carbocycles. The Morgan fingerprint density at radius 1 is 0.810 bits per heavy atom. The third-order valence-electron chi connectivity index (χ3n) is 3.27. The molecular formula is C17H40N2O2. The SMILES string of the molecule is CCCCN(CCCC)CCCC.CN(C)CC(O)CO. The van der Waals surface area contributed by atoms with Gasteiger partial charge in [-0.3, -0.25) is 0 Å². The molecule has 0 rings (SSSR count). The van der Waals surface area contributed by atoms with Crippen LogP contribution in [0.25, 0.3) is 0 Å². The lowest BCUT2D eigenvalue weighted by Gasteiger charge is -2.21. The first-order valence-electron chi connectivity index (χ1n) is 8.67. The highest BCUT2D eigenvalue weighted by atomic mass is 16.3. The summed E-state index contributed by atoms with van der Waals surface area (Å²) in [6.45, 7) is 11.1. The fraction of sp³-hybridized carbons (Fsp3) is 1.00. The van der Waals surface area contributed by atoms with Gasteiger partial charge < -0.3 is 20.0 Å². The molecule has 0 aromatic carbocycles. The predicted molar refractivity (Wildman–Crippen MR) is 92.8 cm³/mol. The van der Waals surface area contributed by atoms with Gasteiger partial charge in [0.25, 0.3) is 0 Å². The van der Waals surface area contributed by atoms with E-state index >= 15 is 0 Å². The van der Waals surface area contributed by atoms with Gasteiger partial charge >= 0.3 is 0 Å². The van der Waals surface area contributed by atoms with Gasteiger partial charge in [-0.15, -0.1) is 0 Å².